The molecule has 26 heavy (non-hydrogen) atoms. The van der Waals surface area contributed by atoms with Crippen molar-refractivity contribution in [1.82, 2.24) is 10.2 Å². The predicted octanol–water partition coefficient (Wildman–Crippen LogP) is 2.96. The van der Waals surface area contributed by atoms with E-state index in [4.69, 9.17) is 0 Å². The topological polar surface area (TPSA) is 61.4 Å². The number of hydrogen-bond acceptors (Lipinski definition) is 3. The SMILES string of the molecule is O=C(CCC1CCNCC1)Nc1ccc(CCC(=O)N2CCCC2)cc1. The third kappa shape index (κ3) is 5.84. The molecule has 142 valence electrons. The van der Waals surface area contributed by atoms with E-state index in [0.717, 1.165) is 63.1 Å². The Bertz CT molecular complexity index is 588. The number of amides is 2. The third-order valence-corrected chi connectivity index (χ3v) is 5.56. The van der Waals surface area contributed by atoms with Crippen LogP contribution in [0.1, 0.15) is 50.5 Å². The highest BCUT2D eigenvalue weighted by Gasteiger charge is 2.17. The zero-order valence-electron chi connectivity index (χ0n) is 15.6. The lowest BCUT2D eigenvalue weighted by Crippen LogP contribution is -2.28. The van der Waals surface area contributed by atoms with Gasteiger partial charge in [0.05, 0.1) is 0 Å². The highest BCUT2D eigenvalue weighted by molar-refractivity contribution is 5.90. The molecule has 1 aromatic carbocycles. The number of likely N-dealkylation sites (tertiary alicyclic amines) is 1. The second-order valence-corrected chi connectivity index (χ2v) is 7.57. The van der Waals surface area contributed by atoms with Gasteiger partial charge in [-0.05, 0) is 75.2 Å². The van der Waals surface area contributed by atoms with Crippen LogP contribution >= 0.6 is 0 Å². The van der Waals surface area contributed by atoms with Gasteiger partial charge in [-0.25, -0.2) is 0 Å². The number of carbonyl (C=O) groups is 2. The largest absolute Gasteiger partial charge is 0.343 e. The Balaban J connectivity index is 1.37. The van der Waals surface area contributed by atoms with Crippen LogP contribution in [-0.4, -0.2) is 42.9 Å². The minimum absolute atomic E-state index is 0.0977. The van der Waals surface area contributed by atoms with Gasteiger partial charge in [0, 0.05) is 31.6 Å². The zero-order valence-corrected chi connectivity index (χ0v) is 15.6. The van der Waals surface area contributed by atoms with E-state index in [2.05, 4.69) is 10.6 Å². The second-order valence-electron chi connectivity index (χ2n) is 7.57. The number of piperidine rings is 1. The highest BCUT2D eigenvalue weighted by atomic mass is 16.2. The van der Waals surface area contributed by atoms with Crippen LogP contribution in [0.5, 0.6) is 0 Å². The van der Waals surface area contributed by atoms with E-state index in [-0.39, 0.29) is 11.8 Å². The fourth-order valence-electron chi connectivity index (χ4n) is 3.86. The summed E-state index contributed by atoms with van der Waals surface area (Å²) in [4.78, 5) is 26.2. The molecule has 2 amide bonds. The van der Waals surface area contributed by atoms with Gasteiger partial charge in [-0.15, -0.1) is 0 Å². The number of benzene rings is 1. The Morgan fingerprint density at radius 1 is 1.04 bits per heavy atom. The van der Waals surface area contributed by atoms with Gasteiger partial charge in [0.25, 0.3) is 0 Å². The van der Waals surface area contributed by atoms with Crippen LogP contribution in [0.15, 0.2) is 24.3 Å². The third-order valence-electron chi connectivity index (χ3n) is 5.56. The molecule has 2 saturated heterocycles. The van der Waals surface area contributed by atoms with Gasteiger partial charge in [-0.2, -0.15) is 0 Å². The van der Waals surface area contributed by atoms with Crippen LogP contribution in [0, 0.1) is 5.92 Å². The molecule has 2 aliphatic rings. The number of hydrogen-bond donors (Lipinski definition) is 2. The zero-order chi connectivity index (χ0) is 18.2. The Kier molecular flexibility index (Phi) is 7.06. The summed E-state index contributed by atoms with van der Waals surface area (Å²) in [5.41, 5.74) is 1.99. The van der Waals surface area contributed by atoms with E-state index < -0.39 is 0 Å². The average molecular weight is 357 g/mol. The van der Waals surface area contributed by atoms with E-state index in [1.54, 1.807) is 0 Å². The first kappa shape index (κ1) is 18.9. The van der Waals surface area contributed by atoms with Gasteiger partial charge in [0.1, 0.15) is 0 Å². The standard InChI is InChI=1S/C21H31N3O2/c25-20(9-5-18-11-13-22-14-12-18)23-19-7-3-17(4-8-19)6-10-21(26)24-15-1-2-16-24/h3-4,7-8,18,22H,1-2,5-6,9-16H2,(H,23,25). The lowest BCUT2D eigenvalue weighted by atomic mass is 9.93. The number of carbonyl (C=O) groups excluding carboxylic acids is 2. The lowest BCUT2D eigenvalue weighted by molar-refractivity contribution is -0.130. The number of aryl methyl sites for hydroxylation is 1. The number of nitrogens with zero attached hydrogens (tertiary/aromatic N) is 1. The summed E-state index contributed by atoms with van der Waals surface area (Å²) in [6.07, 6.45) is 7.54. The summed E-state index contributed by atoms with van der Waals surface area (Å²) in [5.74, 6) is 1.04. The van der Waals surface area contributed by atoms with Crippen molar-refractivity contribution in [3.63, 3.8) is 0 Å². The molecule has 0 aromatic heterocycles. The average Bonchev–Trinajstić information content (AvgIpc) is 3.21. The molecule has 1 aromatic rings. The summed E-state index contributed by atoms with van der Waals surface area (Å²) in [6.45, 7) is 3.99. The van der Waals surface area contributed by atoms with Gasteiger partial charge in [0.2, 0.25) is 11.8 Å². The monoisotopic (exact) mass is 357 g/mol. The molecule has 2 N–H and O–H groups in total. The summed E-state index contributed by atoms with van der Waals surface area (Å²) in [6, 6.07) is 7.91. The van der Waals surface area contributed by atoms with Gasteiger partial charge < -0.3 is 15.5 Å². The van der Waals surface area contributed by atoms with Gasteiger partial charge in [0.15, 0.2) is 0 Å². The summed E-state index contributed by atoms with van der Waals surface area (Å²) >= 11 is 0. The quantitative estimate of drug-likeness (QED) is 0.789. The van der Waals surface area contributed by atoms with Crippen molar-refractivity contribution in [2.75, 3.05) is 31.5 Å². The molecule has 0 saturated carbocycles. The Hall–Kier alpha value is -1.88. The lowest BCUT2D eigenvalue weighted by Gasteiger charge is -2.22. The van der Waals surface area contributed by atoms with Crippen LogP contribution in [-0.2, 0) is 16.0 Å². The van der Waals surface area contributed by atoms with Crippen LogP contribution in [0.3, 0.4) is 0 Å². The molecule has 0 spiro atoms. The Labute approximate surface area is 156 Å². The van der Waals surface area contributed by atoms with E-state index >= 15 is 0 Å². The number of nitrogens with one attached hydrogen (secondary N) is 2. The van der Waals surface area contributed by atoms with Crippen molar-refractivity contribution in [2.24, 2.45) is 5.92 Å². The molecular formula is C21H31N3O2. The van der Waals surface area contributed by atoms with Crippen LogP contribution < -0.4 is 10.6 Å². The Morgan fingerprint density at radius 3 is 2.42 bits per heavy atom. The van der Waals surface area contributed by atoms with Crippen molar-refractivity contribution in [1.29, 1.82) is 0 Å². The van der Waals surface area contributed by atoms with E-state index in [9.17, 15) is 9.59 Å². The summed E-state index contributed by atoms with van der Waals surface area (Å²) < 4.78 is 0. The predicted molar refractivity (Wildman–Crippen MR) is 104 cm³/mol. The van der Waals surface area contributed by atoms with E-state index in [0.29, 0.717) is 18.8 Å². The fourth-order valence-corrected chi connectivity index (χ4v) is 3.86. The maximum Gasteiger partial charge on any atom is 0.224 e. The first-order valence-corrected chi connectivity index (χ1v) is 10.1. The molecule has 0 radical (unpaired) electrons. The minimum Gasteiger partial charge on any atom is -0.343 e. The van der Waals surface area contributed by atoms with Crippen LogP contribution in [0.2, 0.25) is 0 Å². The highest BCUT2D eigenvalue weighted by Crippen LogP contribution is 2.19. The van der Waals surface area contributed by atoms with E-state index in [1.807, 2.05) is 29.2 Å². The van der Waals surface area contributed by atoms with Gasteiger partial charge in [-0.3, -0.25) is 9.59 Å². The van der Waals surface area contributed by atoms with Gasteiger partial charge >= 0.3 is 0 Å². The van der Waals surface area contributed by atoms with Crippen molar-refractivity contribution in [3.8, 4) is 0 Å². The van der Waals surface area contributed by atoms with Crippen LogP contribution in [0.25, 0.3) is 0 Å². The summed E-state index contributed by atoms with van der Waals surface area (Å²) in [5, 5.41) is 6.34. The molecule has 2 fully saturated rings. The van der Waals surface area contributed by atoms with E-state index in [1.165, 1.54) is 12.8 Å². The second kappa shape index (κ2) is 9.72. The van der Waals surface area contributed by atoms with Gasteiger partial charge in [-0.1, -0.05) is 12.1 Å². The molecule has 2 heterocycles. The fraction of sp³-hybridized carbons (Fsp3) is 0.619. The van der Waals surface area contributed by atoms with Crippen molar-refractivity contribution in [3.05, 3.63) is 29.8 Å². The van der Waals surface area contributed by atoms with Crippen molar-refractivity contribution in [2.45, 2.75) is 51.4 Å². The molecule has 0 aliphatic carbocycles. The molecule has 3 rings (SSSR count). The van der Waals surface area contributed by atoms with Crippen molar-refractivity contribution >= 4 is 17.5 Å². The molecule has 5 heteroatoms. The first-order chi connectivity index (χ1) is 12.7. The number of rotatable bonds is 7. The van der Waals surface area contributed by atoms with Crippen LogP contribution in [0.4, 0.5) is 5.69 Å². The molecule has 0 atom stereocenters. The maximum atomic E-state index is 12.1. The smallest absolute Gasteiger partial charge is 0.224 e. The minimum atomic E-state index is 0.0977. The molecule has 5 nitrogen and oxygen atoms in total. The maximum absolute atomic E-state index is 12.1. The Morgan fingerprint density at radius 2 is 1.73 bits per heavy atom. The number of anilines is 1. The first-order valence-electron chi connectivity index (χ1n) is 10.1. The van der Waals surface area contributed by atoms with Crippen molar-refractivity contribution < 1.29 is 9.59 Å². The molecular weight excluding hydrogens is 326 g/mol. The molecule has 0 bridgehead atoms. The molecule has 0 unspecified atom stereocenters. The molecule has 2 aliphatic heterocycles. The summed E-state index contributed by atoms with van der Waals surface area (Å²) in [7, 11) is 0. The normalized spacial score (nSPS) is 18.1.